The predicted octanol–water partition coefficient (Wildman–Crippen LogP) is 4.41. The molecule has 0 amide bonds. The standard InChI is InChI=1S/C16H21BrO/c1-16(11-5-2-6-12-17)14-8-4-3-7-13(14)9-10-15(16)18/h3-4,7-8H,2,5-6,9-12H2,1H3. The van der Waals surface area contributed by atoms with Crippen molar-refractivity contribution in [2.45, 2.75) is 50.9 Å². The highest BCUT2D eigenvalue weighted by Crippen LogP contribution is 2.38. The molecule has 0 radical (unpaired) electrons. The van der Waals surface area contributed by atoms with Gasteiger partial charge in [-0.15, -0.1) is 0 Å². The average molecular weight is 309 g/mol. The van der Waals surface area contributed by atoms with Crippen LogP contribution in [0.5, 0.6) is 0 Å². The molecule has 0 aromatic heterocycles. The second kappa shape index (κ2) is 6.01. The van der Waals surface area contributed by atoms with Crippen molar-refractivity contribution in [2.75, 3.05) is 5.33 Å². The van der Waals surface area contributed by atoms with E-state index in [2.05, 4.69) is 47.1 Å². The first kappa shape index (κ1) is 13.8. The summed E-state index contributed by atoms with van der Waals surface area (Å²) in [6.45, 7) is 2.14. The summed E-state index contributed by atoms with van der Waals surface area (Å²) < 4.78 is 0. The number of halogens is 1. The highest BCUT2D eigenvalue weighted by molar-refractivity contribution is 9.09. The zero-order chi connectivity index (χ0) is 13.0. The maximum Gasteiger partial charge on any atom is 0.143 e. The number of carbonyl (C=O) groups excluding carboxylic acids is 1. The van der Waals surface area contributed by atoms with Crippen molar-refractivity contribution < 1.29 is 4.79 Å². The molecule has 1 aromatic carbocycles. The second-order valence-corrected chi connectivity index (χ2v) is 6.21. The van der Waals surface area contributed by atoms with Crippen LogP contribution in [0.1, 0.15) is 50.2 Å². The Morgan fingerprint density at radius 3 is 2.72 bits per heavy atom. The van der Waals surface area contributed by atoms with Gasteiger partial charge < -0.3 is 0 Å². The number of alkyl halides is 1. The Morgan fingerprint density at radius 1 is 1.17 bits per heavy atom. The summed E-state index contributed by atoms with van der Waals surface area (Å²) in [6, 6.07) is 8.48. The largest absolute Gasteiger partial charge is 0.299 e. The number of hydrogen-bond donors (Lipinski definition) is 0. The Labute approximate surface area is 118 Å². The number of carbonyl (C=O) groups is 1. The summed E-state index contributed by atoms with van der Waals surface area (Å²) in [5.74, 6) is 0.431. The summed E-state index contributed by atoms with van der Waals surface area (Å²) in [5, 5.41) is 1.06. The molecule has 1 nitrogen and oxygen atoms in total. The van der Waals surface area contributed by atoms with Crippen molar-refractivity contribution in [2.24, 2.45) is 0 Å². The van der Waals surface area contributed by atoms with E-state index in [0.29, 0.717) is 12.2 Å². The normalized spacial score (nSPS) is 22.9. The molecule has 0 fully saturated rings. The van der Waals surface area contributed by atoms with Crippen molar-refractivity contribution in [1.29, 1.82) is 0 Å². The minimum absolute atomic E-state index is 0.235. The second-order valence-electron chi connectivity index (χ2n) is 5.41. The van der Waals surface area contributed by atoms with E-state index in [9.17, 15) is 4.79 Å². The molecular weight excluding hydrogens is 288 g/mol. The van der Waals surface area contributed by atoms with E-state index >= 15 is 0 Å². The lowest BCUT2D eigenvalue weighted by Crippen LogP contribution is -2.37. The maximum absolute atomic E-state index is 12.3. The molecular formula is C16H21BrO. The number of ketones is 1. The molecule has 98 valence electrons. The SMILES string of the molecule is CC1(CCCCCBr)C(=O)CCc2ccccc21. The van der Waals surface area contributed by atoms with E-state index in [1.807, 2.05) is 0 Å². The lowest BCUT2D eigenvalue weighted by Gasteiger charge is -2.34. The molecule has 0 bridgehead atoms. The molecule has 0 N–H and O–H groups in total. The Bertz CT molecular complexity index is 427. The highest BCUT2D eigenvalue weighted by atomic mass is 79.9. The zero-order valence-corrected chi connectivity index (χ0v) is 12.6. The average Bonchev–Trinajstić information content (AvgIpc) is 2.40. The van der Waals surface area contributed by atoms with Crippen molar-refractivity contribution in [1.82, 2.24) is 0 Å². The topological polar surface area (TPSA) is 17.1 Å². The van der Waals surface area contributed by atoms with Crippen molar-refractivity contribution >= 4 is 21.7 Å². The fourth-order valence-corrected chi connectivity index (χ4v) is 3.37. The molecule has 2 rings (SSSR count). The fourth-order valence-electron chi connectivity index (χ4n) is 2.97. The molecule has 1 atom stereocenters. The van der Waals surface area contributed by atoms with Gasteiger partial charge in [0.15, 0.2) is 0 Å². The van der Waals surface area contributed by atoms with Gasteiger partial charge in [-0.2, -0.15) is 0 Å². The lowest BCUT2D eigenvalue weighted by molar-refractivity contribution is -0.125. The van der Waals surface area contributed by atoms with Crippen LogP contribution in [0.3, 0.4) is 0 Å². The van der Waals surface area contributed by atoms with Crippen molar-refractivity contribution in [3.8, 4) is 0 Å². The van der Waals surface area contributed by atoms with Gasteiger partial charge in [0.2, 0.25) is 0 Å². The molecule has 18 heavy (non-hydrogen) atoms. The minimum Gasteiger partial charge on any atom is -0.299 e. The third kappa shape index (κ3) is 2.69. The van der Waals surface area contributed by atoms with Crippen LogP contribution in [-0.2, 0) is 16.6 Å². The Balaban J connectivity index is 2.16. The molecule has 0 spiro atoms. The molecule has 0 saturated heterocycles. The number of aryl methyl sites for hydroxylation is 1. The van der Waals surface area contributed by atoms with E-state index in [-0.39, 0.29) is 5.41 Å². The molecule has 1 aromatic rings. The summed E-state index contributed by atoms with van der Waals surface area (Å²) in [7, 11) is 0. The third-order valence-corrected chi connectivity index (χ3v) is 4.72. The van der Waals surface area contributed by atoms with Gasteiger partial charge in [0.25, 0.3) is 0 Å². The summed E-state index contributed by atoms with van der Waals surface area (Å²) in [6.07, 6.45) is 6.18. The van der Waals surface area contributed by atoms with Gasteiger partial charge in [0.05, 0.1) is 5.41 Å². The number of fused-ring (bicyclic) bond motifs is 1. The first-order chi connectivity index (χ1) is 8.68. The molecule has 1 aliphatic carbocycles. The zero-order valence-electron chi connectivity index (χ0n) is 11.0. The molecule has 0 heterocycles. The number of Topliss-reactive ketones (excluding diaryl/α,β-unsaturated/α-hetero) is 1. The smallest absolute Gasteiger partial charge is 0.143 e. The van der Waals surface area contributed by atoms with Crippen molar-refractivity contribution in [3.05, 3.63) is 35.4 Å². The van der Waals surface area contributed by atoms with Crippen LogP contribution in [0.2, 0.25) is 0 Å². The number of hydrogen-bond acceptors (Lipinski definition) is 1. The van der Waals surface area contributed by atoms with Gasteiger partial charge in [-0.25, -0.2) is 0 Å². The van der Waals surface area contributed by atoms with Gasteiger partial charge in [-0.05, 0) is 37.3 Å². The first-order valence-electron chi connectivity index (χ1n) is 6.86. The van der Waals surface area contributed by atoms with Crippen LogP contribution in [0, 0.1) is 0 Å². The first-order valence-corrected chi connectivity index (χ1v) is 7.98. The molecule has 0 aliphatic heterocycles. The van der Waals surface area contributed by atoms with Gasteiger partial charge in [0.1, 0.15) is 5.78 Å². The Kier molecular flexibility index (Phi) is 4.60. The lowest BCUT2D eigenvalue weighted by atomic mass is 9.68. The Hall–Kier alpha value is -0.630. The number of rotatable bonds is 5. The van der Waals surface area contributed by atoms with Crippen LogP contribution >= 0.6 is 15.9 Å². The van der Waals surface area contributed by atoms with Gasteiger partial charge in [0, 0.05) is 11.8 Å². The number of benzene rings is 1. The van der Waals surface area contributed by atoms with E-state index in [1.165, 1.54) is 24.0 Å². The van der Waals surface area contributed by atoms with E-state index in [1.54, 1.807) is 0 Å². The van der Waals surface area contributed by atoms with Crippen molar-refractivity contribution in [3.63, 3.8) is 0 Å². The van der Waals surface area contributed by atoms with Crippen LogP contribution in [0.25, 0.3) is 0 Å². The van der Waals surface area contributed by atoms with Gasteiger partial charge >= 0.3 is 0 Å². The quantitative estimate of drug-likeness (QED) is 0.581. The summed E-state index contributed by atoms with van der Waals surface area (Å²) >= 11 is 3.46. The monoisotopic (exact) mass is 308 g/mol. The van der Waals surface area contributed by atoms with E-state index in [4.69, 9.17) is 0 Å². The highest BCUT2D eigenvalue weighted by Gasteiger charge is 2.38. The minimum atomic E-state index is -0.235. The molecule has 2 heteroatoms. The summed E-state index contributed by atoms with van der Waals surface area (Å²) in [5.41, 5.74) is 2.42. The van der Waals surface area contributed by atoms with Crippen LogP contribution in [0.15, 0.2) is 24.3 Å². The predicted molar refractivity (Wildman–Crippen MR) is 79.4 cm³/mol. The van der Waals surface area contributed by atoms with E-state index < -0.39 is 0 Å². The third-order valence-electron chi connectivity index (χ3n) is 4.16. The molecule has 1 aliphatic rings. The summed E-state index contributed by atoms with van der Waals surface area (Å²) in [4.78, 5) is 12.3. The maximum atomic E-state index is 12.3. The van der Waals surface area contributed by atoms with Crippen LogP contribution < -0.4 is 0 Å². The Morgan fingerprint density at radius 2 is 1.94 bits per heavy atom. The fraction of sp³-hybridized carbons (Fsp3) is 0.562. The number of unbranched alkanes of at least 4 members (excludes halogenated alkanes) is 2. The van der Waals surface area contributed by atoms with Crippen LogP contribution in [0.4, 0.5) is 0 Å². The molecule has 0 saturated carbocycles. The van der Waals surface area contributed by atoms with Gasteiger partial charge in [-0.1, -0.05) is 53.0 Å². The molecule has 1 unspecified atom stereocenters. The van der Waals surface area contributed by atoms with Gasteiger partial charge in [-0.3, -0.25) is 4.79 Å². The van der Waals surface area contributed by atoms with E-state index in [0.717, 1.165) is 24.6 Å². The van der Waals surface area contributed by atoms with Crippen LogP contribution in [-0.4, -0.2) is 11.1 Å².